The number of alkyl halides is 2. The second kappa shape index (κ2) is 7.10. The van der Waals surface area contributed by atoms with Crippen LogP contribution in [0.15, 0.2) is 42.9 Å². The Morgan fingerprint density at radius 1 is 1.40 bits per heavy atom. The highest BCUT2D eigenvalue weighted by Crippen LogP contribution is 2.26. The van der Waals surface area contributed by atoms with Crippen LogP contribution in [0, 0.1) is 0 Å². The normalized spacial score (nSPS) is 18.8. The third-order valence-corrected chi connectivity index (χ3v) is 3.99. The van der Waals surface area contributed by atoms with E-state index in [0.717, 1.165) is 16.8 Å². The van der Waals surface area contributed by atoms with Crippen LogP contribution >= 0.6 is 0 Å². The van der Waals surface area contributed by atoms with Gasteiger partial charge in [0.15, 0.2) is 0 Å². The number of aromatic nitrogens is 2. The molecule has 8 heteroatoms. The molecule has 1 atom stereocenters. The molecule has 2 amide bonds. The third-order valence-electron chi connectivity index (χ3n) is 3.99. The molecular formula is C17H18F2N4O2. The van der Waals surface area contributed by atoms with Crippen molar-refractivity contribution in [1.82, 2.24) is 20.2 Å². The summed E-state index contributed by atoms with van der Waals surface area (Å²) < 4.78 is 31.9. The number of carbonyl (C=O) groups is 1. The Morgan fingerprint density at radius 2 is 2.24 bits per heavy atom. The molecule has 1 aliphatic rings. The van der Waals surface area contributed by atoms with Crippen LogP contribution in [0.5, 0.6) is 0 Å². The molecule has 0 aromatic carbocycles. The maximum atomic E-state index is 13.6. The minimum Gasteiger partial charge on any atom is -0.373 e. The molecule has 132 valence electrons. The molecule has 0 bridgehead atoms. The van der Waals surface area contributed by atoms with Gasteiger partial charge in [-0.2, -0.15) is 0 Å². The molecule has 0 saturated carbocycles. The number of carbonyl (C=O) groups excluding carboxylic acids is 1. The summed E-state index contributed by atoms with van der Waals surface area (Å²) in [5.41, 5.74) is 2.34. The summed E-state index contributed by atoms with van der Waals surface area (Å²) in [6, 6.07) is 5.40. The van der Waals surface area contributed by atoms with Crippen LogP contribution in [0.3, 0.4) is 0 Å². The van der Waals surface area contributed by atoms with Crippen molar-refractivity contribution in [2.75, 3.05) is 20.3 Å². The van der Waals surface area contributed by atoms with E-state index in [2.05, 4.69) is 15.3 Å². The Balaban J connectivity index is 1.71. The molecule has 0 spiro atoms. The van der Waals surface area contributed by atoms with Crippen LogP contribution in [0.2, 0.25) is 0 Å². The predicted molar refractivity (Wildman–Crippen MR) is 87.0 cm³/mol. The Hall–Kier alpha value is -2.61. The summed E-state index contributed by atoms with van der Waals surface area (Å²) in [6.07, 6.45) is 4.96. The molecule has 6 nitrogen and oxygen atoms in total. The van der Waals surface area contributed by atoms with Gasteiger partial charge in [0.05, 0.1) is 12.3 Å². The Labute approximate surface area is 143 Å². The molecule has 1 N–H and O–H groups in total. The Morgan fingerprint density at radius 3 is 2.92 bits per heavy atom. The number of hydrogen-bond donors (Lipinski definition) is 1. The maximum Gasteiger partial charge on any atom is 0.317 e. The van der Waals surface area contributed by atoms with E-state index in [4.69, 9.17) is 4.74 Å². The van der Waals surface area contributed by atoms with Gasteiger partial charge in [0.25, 0.3) is 5.92 Å². The van der Waals surface area contributed by atoms with E-state index in [1.165, 1.54) is 4.90 Å². The van der Waals surface area contributed by atoms with Gasteiger partial charge in [-0.15, -0.1) is 0 Å². The summed E-state index contributed by atoms with van der Waals surface area (Å²) in [4.78, 5) is 22.0. The molecular weight excluding hydrogens is 330 g/mol. The van der Waals surface area contributed by atoms with Gasteiger partial charge in [-0.1, -0.05) is 6.07 Å². The summed E-state index contributed by atoms with van der Waals surface area (Å²) in [5, 5.41) is 2.33. The van der Waals surface area contributed by atoms with E-state index in [1.807, 2.05) is 18.2 Å². The smallest absolute Gasteiger partial charge is 0.317 e. The summed E-state index contributed by atoms with van der Waals surface area (Å²) in [7, 11) is 1.55. The van der Waals surface area contributed by atoms with Crippen molar-refractivity contribution in [1.29, 1.82) is 0 Å². The number of urea groups is 1. The van der Waals surface area contributed by atoms with Gasteiger partial charge in [-0.25, -0.2) is 13.6 Å². The first-order valence-electron chi connectivity index (χ1n) is 7.79. The number of amides is 2. The molecule has 0 aliphatic carbocycles. The lowest BCUT2D eigenvalue weighted by Gasteiger charge is -2.24. The van der Waals surface area contributed by atoms with Crippen molar-refractivity contribution in [2.45, 2.75) is 18.5 Å². The molecule has 3 rings (SSSR count). The van der Waals surface area contributed by atoms with Gasteiger partial charge < -0.3 is 15.0 Å². The number of rotatable bonds is 4. The molecule has 25 heavy (non-hydrogen) atoms. The Bertz CT molecular complexity index is 742. The van der Waals surface area contributed by atoms with Crippen LogP contribution in [-0.4, -0.2) is 53.1 Å². The van der Waals surface area contributed by atoms with Gasteiger partial charge in [-0.05, 0) is 23.8 Å². The first-order valence-corrected chi connectivity index (χ1v) is 7.79. The van der Waals surface area contributed by atoms with E-state index < -0.39 is 24.6 Å². The van der Waals surface area contributed by atoms with Crippen LogP contribution in [0.1, 0.15) is 5.56 Å². The lowest BCUT2D eigenvalue weighted by atomic mass is 10.1. The lowest BCUT2D eigenvalue weighted by molar-refractivity contribution is -0.0222. The maximum absolute atomic E-state index is 13.6. The summed E-state index contributed by atoms with van der Waals surface area (Å²) >= 11 is 0. The van der Waals surface area contributed by atoms with Crippen molar-refractivity contribution >= 4 is 6.03 Å². The average Bonchev–Trinajstić information content (AvgIpc) is 2.94. The minimum atomic E-state index is -3.05. The summed E-state index contributed by atoms with van der Waals surface area (Å²) in [6.45, 7) is -0.629. The third kappa shape index (κ3) is 3.90. The molecule has 0 unspecified atom stereocenters. The number of nitrogens with zero attached hydrogens (tertiary/aromatic N) is 3. The number of pyridine rings is 2. The zero-order valence-electron chi connectivity index (χ0n) is 13.7. The van der Waals surface area contributed by atoms with Crippen molar-refractivity contribution in [2.24, 2.45) is 0 Å². The number of halogens is 2. The highest BCUT2D eigenvalue weighted by Gasteiger charge is 2.46. The number of ether oxygens (including phenoxy) is 1. The van der Waals surface area contributed by atoms with Crippen LogP contribution in [0.4, 0.5) is 13.6 Å². The lowest BCUT2D eigenvalue weighted by Crippen LogP contribution is -2.50. The number of hydrogen-bond acceptors (Lipinski definition) is 4. The van der Waals surface area contributed by atoms with Gasteiger partial charge in [0, 0.05) is 37.7 Å². The first-order chi connectivity index (χ1) is 12.0. The highest BCUT2D eigenvalue weighted by molar-refractivity contribution is 5.75. The van der Waals surface area contributed by atoms with Gasteiger partial charge in [0.2, 0.25) is 0 Å². The largest absolute Gasteiger partial charge is 0.373 e. The molecule has 3 heterocycles. The van der Waals surface area contributed by atoms with E-state index in [1.54, 1.807) is 31.7 Å². The monoisotopic (exact) mass is 348 g/mol. The SMILES string of the molecule is CN(Cc1ccncc1-c1ccccn1)C(=O)N[C@H]1COCC1(F)F. The predicted octanol–water partition coefficient (Wildman–Crippen LogP) is 2.32. The quantitative estimate of drug-likeness (QED) is 0.921. The van der Waals surface area contributed by atoms with E-state index in [9.17, 15) is 13.6 Å². The van der Waals surface area contributed by atoms with Crippen LogP contribution in [-0.2, 0) is 11.3 Å². The van der Waals surface area contributed by atoms with E-state index in [0.29, 0.717) is 0 Å². The molecule has 1 saturated heterocycles. The second-order valence-corrected chi connectivity index (χ2v) is 5.88. The minimum absolute atomic E-state index is 0.193. The summed E-state index contributed by atoms with van der Waals surface area (Å²) in [5.74, 6) is -3.05. The first kappa shape index (κ1) is 17.2. The van der Waals surface area contributed by atoms with Gasteiger partial charge in [-0.3, -0.25) is 9.97 Å². The molecule has 1 aliphatic heterocycles. The fourth-order valence-electron chi connectivity index (χ4n) is 2.58. The van der Waals surface area contributed by atoms with Crippen molar-refractivity contribution in [3.05, 3.63) is 48.4 Å². The molecule has 2 aromatic heterocycles. The zero-order chi connectivity index (χ0) is 17.9. The second-order valence-electron chi connectivity index (χ2n) is 5.88. The highest BCUT2D eigenvalue weighted by atomic mass is 19.3. The standard InChI is InChI=1S/C17H18F2N4O2/c1-23(16(24)22-15-10-25-11-17(15,18)19)9-12-5-7-20-8-13(12)14-4-2-3-6-21-14/h2-8,15H,9-11H2,1H3,(H,22,24)/t15-/m0/s1. The number of nitrogens with one attached hydrogen (secondary N) is 1. The van der Waals surface area contributed by atoms with E-state index in [-0.39, 0.29) is 13.2 Å². The van der Waals surface area contributed by atoms with Crippen LogP contribution in [0.25, 0.3) is 11.3 Å². The zero-order valence-corrected chi connectivity index (χ0v) is 13.7. The van der Waals surface area contributed by atoms with Crippen LogP contribution < -0.4 is 5.32 Å². The van der Waals surface area contributed by atoms with Gasteiger partial charge in [0.1, 0.15) is 12.6 Å². The van der Waals surface area contributed by atoms with E-state index >= 15 is 0 Å². The fourth-order valence-corrected chi connectivity index (χ4v) is 2.58. The van der Waals surface area contributed by atoms with Gasteiger partial charge >= 0.3 is 6.03 Å². The molecule has 2 aromatic rings. The molecule has 1 fully saturated rings. The average molecular weight is 348 g/mol. The molecule has 0 radical (unpaired) electrons. The topological polar surface area (TPSA) is 67.4 Å². The van der Waals surface area contributed by atoms with Crippen molar-refractivity contribution in [3.8, 4) is 11.3 Å². The van der Waals surface area contributed by atoms with Crippen molar-refractivity contribution < 1.29 is 18.3 Å². The van der Waals surface area contributed by atoms with Crippen molar-refractivity contribution in [3.63, 3.8) is 0 Å². The Kier molecular flexibility index (Phi) is 4.89. The fraction of sp³-hybridized carbons (Fsp3) is 0.353.